The normalized spacial score (nSPS) is 11.7. The summed E-state index contributed by atoms with van der Waals surface area (Å²) in [5.41, 5.74) is 8.53. The highest BCUT2D eigenvalue weighted by Gasteiger charge is 2.20. The molecule has 0 spiro atoms. The summed E-state index contributed by atoms with van der Waals surface area (Å²) in [6.45, 7) is 0. The summed E-state index contributed by atoms with van der Waals surface area (Å²) < 4.78 is 12.4. The van der Waals surface area contributed by atoms with Gasteiger partial charge in [-0.25, -0.2) is 0 Å². The number of furan rings is 2. The predicted molar refractivity (Wildman–Crippen MR) is 174 cm³/mol. The van der Waals surface area contributed by atoms with Crippen LogP contribution >= 0.6 is 0 Å². The second-order valence-electron chi connectivity index (χ2n) is 10.7. The number of pyridine rings is 2. The summed E-state index contributed by atoms with van der Waals surface area (Å²) in [4.78, 5) is 10.8. The van der Waals surface area contributed by atoms with Crippen LogP contribution in [0.25, 0.3) is 65.8 Å². The lowest BCUT2D eigenvalue weighted by Gasteiger charge is -2.28. The Balaban J connectivity index is 1.30. The zero-order valence-corrected chi connectivity index (χ0v) is 22.9. The molecule has 5 nitrogen and oxygen atoms in total. The summed E-state index contributed by atoms with van der Waals surface area (Å²) in [7, 11) is 0. The lowest BCUT2D eigenvalue weighted by molar-refractivity contribution is 0.666. The number of para-hydroxylation sites is 1. The van der Waals surface area contributed by atoms with Gasteiger partial charge in [0.15, 0.2) is 11.2 Å². The zero-order valence-electron chi connectivity index (χ0n) is 22.9. The van der Waals surface area contributed by atoms with Crippen molar-refractivity contribution in [1.82, 2.24) is 9.97 Å². The third kappa shape index (κ3) is 3.79. The molecule has 0 atom stereocenters. The van der Waals surface area contributed by atoms with Crippen LogP contribution in [-0.4, -0.2) is 9.97 Å². The SMILES string of the molecule is c1ccc(N(c2ccc3c(c2)oc2cnccc23)c2ccc3oc4cnccc4c3c2)c(-c2ccc3ccccc3c2)c1. The Bertz CT molecular complexity index is 2490. The van der Waals surface area contributed by atoms with E-state index in [1.165, 1.54) is 10.8 Å². The van der Waals surface area contributed by atoms with E-state index in [9.17, 15) is 0 Å². The van der Waals surface area contributed by atoms with Gasteiger partial charge in [0, 0.05) is 56.9 Å². The standard InChI is InChI=1S/C38H23N3O2/c1-2-6-25-19-26(10-9-24(25)5-1)29-7-3-4-8-34(29)41(27-12-14-35-33(20-27)32-16-18-40-23-38(32)42-35)28-11-13-30-31-15-17-39-22-37(31)43-36(30)21-28/h1-23H. The Morgan fingerprint density at radius 1 is 0.465 bits per heavy atom. The highest BCUT2D eigenvalue weighted by molar-refractivity contribution is 6.08. The van der Waals surface area contributed by atoms with Gasteiger partial charge in [0.25, 0.3) is 0 Å². The molecule has 0 saturated heterocycles. The van der Waals surface area contributed by atoms with Crippen molar-refractivity contribution >= 4 is 71.7 Å². The molecular weight excluding hydrogens is 530 g/mol. The predicted octanol–water partition coefficient (Wildman–Crippen LogP) is 10.6. The van der Waals surface area contributed by atoms with Gasteiger partial charge in [-0.3, -0.25) is 9.97 Å². The third-order valence-corrected chi connectivity index (χ3v) is 8.24. The molecule has 0 aliphatic carbocycles. The molecule has 5 aromatic carbocycles. The minimum atomic E-state index is 0.773. The lowest BCUT2D eigenvalue weighted by atomic mass is 9.98. The molecule has 4 aromatic heterocycles. The molecule has 0 saturated carbocycles. The van der Waals surface area contributed by atoms with E-state index >= 15 is 0 Å². The van der Waals surface area contributed by atoms with Crippen molar-refractivity contribution in [3.63, 3.8) is 0 Å². The van der Waals surface area contributed by atoms with E-state index in [0.29, 0.717) is 0 Å². The summed E-state index contributed by atoms with van der Waals surface area (Å²) in [5.74, 6) is 0. The monoisotopic (exact) mass is 553 g/mol. The van der Waals surface area contributed by atoms with Gasteiger partial charge in [-0.05, 0) is 70.9 Å². The molecule has 9 aromatic rings. The molecule has 0 bridgehead atoms. The van der Waals surface area contributed by atoms with Crippen molar-refractivity contribution in [3.05, 3.63) is 140 Å². The zero-order chi connectivity index (χ0) is 28.3. The molecule has 43 heavy (non-hydrogen) atoms. The summed E-state index contributed by atoms with van der Waals surface area (Å²) in [6.07, 6.45) is 7.15. The van der Waals surface area contributed by atoms with Crippen LogP contribution in [0.15, 0.2) is 149 Å². The molecule has 0 N–H and O–H groups in total. The quantitative estimate of drug-likeness (QED) is 0.217. The number of aromatic nitrogens is 2. The molecule has 0 amide bonds. The number of benzene rings is 5. The second-order valence-corrected chi connectivity index (χ2v) is 10.7. The lowest BCUT2D eigenvalue weighted by Crippen LogP contribution is -2.11. The van der Waals surface area contributed by atoms with Crippen LogP contribution < -0.4 is 4.90 Å². The van der Waals surface area contributed by atoms with Gasteiger partial charge in [-0.2, -0.15) is 0 Å². The van der Waals surface area contributed by atoms with E-state index in [2.05, 4.69) is 112 Å². The maximum atomic E-state index is 6.28. The summed E-state index contributed by atoms with van der Waals surface area (Å²) in [6, 6.07) is 40.5. The first-order valence-corrected chi connectivity index (χ1v) is 14.2. The number of hydrogen-bond acceptors (Lipinski definition) is 5. The van der Waals surface area contributed by atoms with E-state index in [-0.39, 0.29) is 0 Å². The minimum absolute atomic E-state index is 0.773. The first kappa shape index (κ1) is 23.7. The summed E-state index contributed by atoms with van der Waals surface area (Å²) >= 11 is 0. The molecule has 0 aliphatic rings. The molecule has 0 aliphatic heterocycles. The van der Waals surface area contributed by atoms with Gasteiger partial charge < -0.3 is 13.7 Å². The first-order chi connectivity index (χ1) is 21.3. The Hall–Kier alpha value is -5.94. The van der Waals surface area contributed by atoms with E-state index in [0.717, 1.165) is 72.1 Å². The van der Waals surface area contributed by atoms with Crippen LogP contribution in [0.5, 0.6) is 0 Å². The molecule has 5 heteroatoms. The van der Waals surface area contributed by atoms with Crippen molar-refractivity contribution in [2.75, 3.05) is 4.90 Å². The van der Waals surface area contributed by atoms with Crippen molar-refractivity contribution in [1.29, 1.82) is 0 Å². The van der Waals surface area contributed by atoms with Gasteiger partial charge in [0.1, 0.15) is 11.2 Å². The van der Waals surface area contributed by atoms with Gasteiger partial charge in [-0.15, -0.1) is 0 Å². The maximum absolute atomic E-state index is 6.28. The topological polar surface area (TPSA) is 55.3 Å². The molecule has 4 heterocycles. The number of anilines is 3. The van der Waals surface area contributed by atoms with E-state index in [4.69, 9.17) is 8.83 Å². The molecule has 0 fully saturated rings. The van der Waals surface area contributed by atoms with Gasteiger partial charge in [0.05, 0.1) is 18.1 Å². The Kier molecular flexibility index (Phi) is 5.13. The van der Waals surface area contributed by atoms with Gasteiger partial charge >= 0.3 is 0 Å². The molecule has 202 valence electrons. The molecular formula is C38H23N3O2. The Morgan fingerprint density at radius 2 is 1.14 bits per heavy atom. The second kappa shape index (κ2) is 9.29. The van der Waals surface area contributed by atoms with Crippen LogP contribution in [0.4, 0.5) is 17.1 Å². The van der Waals surface area contributed by atoms with Crippen molar-refractivity contribution < 1.29 is 8.83 Å². The van der Waals surface area contributed by atoms with Crippen molar-refractivity contribution in [2.24, 2.45) is 0 Å². The van der Waals surface area contributed by atoms with E-state index in [1.54, 1.807) is 24.8 Å². The van der Waals surface area contributed by atoms with Gasteiger partial charge in [0.2, 0.25) is 0 Å². The first-order valence-electron chi connectivity index (χ1n) is 14.2. The number of fused-ring (bicyclic) bond motifs is 7. The minimum Gasteiger partial charge on any atom is -0.454 e. The number of hydrogen-bond donors (Lipinski definition) is 0. The van der Waals surface area contributed by atoms with E-state index < -0.39 is 0 Å². The highest BCUT2D eigenvalue weighted by Crippen LogP contribution is 2.44. The fraction of sp³-hybridized carbons (Fsp3) is 0. The Morgan fingerprint density at radius 3 is 2.00 bits per heavy atom. The van der Waals surface area contributed by atoms with Gasteiger partial charge in [-0.1, -0.05) is 54.6 Å². The van der Waals surface area contributed by atoms with Crippen LogP contribution in [0, 0.1) is 0 Å². The number of nitrogens with zero attached hydrogens (tertiary/aromatic N) is 3. The highest BCUT2D eigenvalue weighted by atomic mass is 16.3. The summed E-state index contributed by atoms with van der Waals surface area (Å²) in [5, 5.41) is 6.62. The third-order valence-electron chi connectivity index (χ3n) is 8.24. The van der Waals surface area contributed by atoms with Crippen LogP contribution in [0.3, 0.4) is 0 Å². The fourth-order valence-corrected chi connectivity index (χ4v) is 6.21. The van der Waals surface area contributed by atoms with Crippen molar-refractivity contribution in [2.45, 2.75) is 0 Å². The largest absolute Gasteiger partial charge is 0.454 e. The molecule has 0 unspecified atom stereocenters. The fourth-order valence-electron chi connectivity index (χ4n) is 6.21. The van der Waals surface area contributed by atoms with E-state index in [1.807, 2.05) is 18.2 Å². The Labute approximate surface area is 246 Å². The average molecular weight is 554 g/mol. The smallest absolute Gasteiger partial charge is 0.153 e. The maximum Gasteiger partial charge on any atom is 0.153 e. The van der Waals surface area contributed by atoms with Crippen LogP contribution in [0.2, 0.25) is 0 Å². The van der Waals surface area contributed by atoms with Crippen LogP contribution in [0.1, 0.15) is 0 Å². The molecule has 9 rings (SSSR count). The van der Waals surface area contributed by atoms with Crippen LogP contribution in [-0.2, 0) is 0 Å². The number of rotatable bonds is 4. The van der Waals surface area contributed by atoms with Crippen molar-refractivity contribution in [3.8, 4) is 11.1 Å². The molecule has 0 radical (unpaired) electrons. The average Bonchev–Trinajstić information content (AvgIpc) is 3.63.